The highest BCUT2D eigenvalue weighted by Crippen LogP contribution is 2.22. The Kier molecular flexibility index (Phi) is 5.20. The molecule has 0 aliphatic rings. The van der Waals surface area contributed by atoms with E-state index in [9.17, 15) is 0 Å². The van der Waals surface area contributed by atoms with E-state index in [1.165, 1.54) is 0 Å². The number of ether oxygens (including phenoxy) is 1. The van der Waals surface area contributed by atoms with Gasteiger partial charge in [-0.15, -0.1) is 0 Å². The number of nitrogens with two attached hydrogens (primary N) is 1. The zero-order chi connectivity index (χ0) is 15.4. The molecule has 0 spiro atoms. The highest BCUT2D eigenvalue weighted by Gasteiger charge is 2.16. The number of hydrogen-bond acceptors (Lipinski definition) is 4. The first kappa shape index (κ1) is 15.8. The second-order valence-corrected chi connectivity index (χ2v) is 5.42. The molecular weight excluding hydrogens is 288 g/mol. The predicted molar refractivity (Wildman–Crippen MR) is 83.8 cm³/mol. The van der Waals surface area contributed by atoms with Crippen molar-refractivity contribution < 1.29 is 4.74 Å². The fourth-order valence-corrected chi connectivity index (χ4v) is 2.55. The molecule has 0 aliphatic heterocycles. The zero-order valence-corrected chi connectivity index (χ0v) is 13.4. The molecule has 1 atom stereocenters. The van der Waals surface area contributed by atoms with E-state index in [1.54, 1.807) is 13.3 Å². The molecule has 114 valence electrons. The molecule has 2 heterocycles. The Balaban J connectivity index is 2.05. The topological polar surface area (TPSA) is 66.0 Å². The summed E-state index contributed by atoms with van der Waals surface area (Å²) in [7, 11) is 1.60. The molecule has 5 nitrogen and oxygen atoms in total. The molecule has 0 saturated heterocycles. The lowest BCUT2D eigenvalue weighted by Crippen LogP contribution is -2.27. The summed E-state index contributed by atoms with van der Waals surface area (Å²) in [6.45, 7) is 4.75. The van der Waals surface area contributed by atoms with Crippen LogP contribution in [0.3, 0.4) is 0 Å². The van der Waals surface area contributed by atoms with E-state index in [1.807, 2.05) is 30.7 Å². The van der Waals surface area contributed by atoms with Crippen LogP contribution >= 0.6 is 11.6 Å². The lowest BCUT2D eigenvalue weighted by molar-refractivity contribution is 0.397. The van der Waals surface area contributed by atoms with Crippen molar-refractivity contribution in [1.29, 1.82) is 0 Å². The van der Waals surface area contributed by atoms with Gasteiger partial charge in [-0.3, -0.25) is 4.68 Å². The molecule has 6 heteroatoms. The first-order valence-electron chi connectivity index (χ1n) is 7.01. The van der Waals surface area contributed by atoms with Crippen LogP contribution in [0.2, 0.25) is 5.02 Å². The number of nitrogens with zero attached hydrogens (tertiary/aromatic N) is 3. The van der Waals surface area contributed by atoms with Gasteiger partial charge in [-0.1, -0.05) is 17.7 Å². The lowest BCUT2D eigenvalue weighted by Gasteiger charge is -2.13. The van der Waals surface area contributed by atoms with E-state index in [-0.39, 0.29) is 6.04 Å². The van der Waals surface area contributed by atoms with Crippen molar-refractivity contribution in [2.45, 2.75) is 39.3 Å². The Labute approximate surface area is 130 Å². The average Bonchev–Trinajstić information content (AvgIpc) is 2.75. The second-order valence-electron chi connectivity index (χ2n) is 5.04. The summed E-state index contributed by atoms with van der Waals surface area (Å²) in [5, 5.41) is 5.13. The largest absolute Gasteiger partial charge is 0.481 e. The van der Waals surface area contributed by atoms with E-state index in [0.29, 0.717) is 12.3 Å². The standard InChI is InChI=1S/C15H21ClN4O/c1-4-20-13(15(16)10(2)19-20)8-12(17)7-11-5-6-14(21-3)18-9-11/h5-6,9,12H,4,7-8,17H2,1-3H3. The molecule has 0 fully saturated rings. The molecule has 2 rings (SSSR count). The van der Waals surface area contributed by atoms with Gasteiger partial charge in [0.15, 0.2) is 0 Å². The van der Waals surface area contributed by atoms with E-state index >= 15 is 0 Å². The van der Waals surface area contributed by atoms with Gasteiger partial charge in [-0.2, -0.15) is 5.10 Å². The molecule has 21 heavy (non-hydrogen) atoms. The van der Waals surface area contributed by atoms with Gasteiger partial charge in [0, 0.05) is 31.3 Å². The number of halogens is 1. The minimum absolute atomic E-state index is 0.0286. The van der Waals surface area contributed by atoms with Gasteiger partial charge in [0.25, 0.3) is 0 Å². The van der Waals surface area contributed by atoms with Crippen LogP contribution in [-0.4, -0.2) is 27.9 Å². The van der Waals surface area contributed by atoms with Crippen molar-refractivity contribution >= 4 is 11.6 Å². The Morgan fingerprint density at radius 1 is 1.38 bits per heavy atom. The number of rotatable bonds is 6. The van der Waals surface area contributed by atoms with Crippen molar-refractivity contribution in [2.24, 2.45) is 5.73 Å². The van der Waals surface area contributed by atoms with Crippen LogP contribution in [0.4, 0.5) is 0 Å². The molecule has 0 bridgehead atoms. The number of aromatic nitrogens is 3. The number of pyridine rings is 1. The summed E-state index contributed by atoms with van der Waals surface area (Å²) in [6, 6.07) is 3.80. The third-order valence-corrected chi connectivity index (χ3v) is 3.90. The Hall–Kier alpha value is -1.59. The van der Waals surface area contributed by atoms with Crippen molar-refractivity contribution in [1.82, 2.24) is 14.8 Å². The van der Waals surface area contributed by atoms with Crippen molar-refractivity contribution in [3.8, 4) is 5.88 Å². The molecule has 2 aromatic rings. The molecule has 0 amide bonds. The van der Waals surface area contributed by atoms with Crippen LogP contribution in [-0.2, 0) is 19.4 Å². The fraction of sp³-hybridized carbons (Fsp3) is 0.467. The van der Waals surface area contributed by atoms with E-state index < -0.39 is 0 Å². The number of hydrogen-bond donors (Lipinski definition) is 1. The van der Waals surface area contributed by atoms with Crippen LogP contribution < -0.4 is 10.5 Å². The van der Waals surface area contributed by atoms with Crippen LogP contribution in [0.15, 0.2) is 18.3 Å². The first-order valence-corrected chi connectivity index (χ1v) is 7.39. The highest BCUT2D eigenvalue weighted by atomic mass is 35.5. The Bertz CT molecular complexity index is 594. The molecule has 2 aromatic heterocycles. The summed E-state index contributed by atoms with van der Waals surface area (Å²) in [5.41, 5.74) is 9.19. The van der Waals surface area contributed by atoms with Gasteiger partial charge in [-0.25, -0.2) is 4.98 Å². The summed E-state index contributed by atoms with van der Waals surface area (Å²) in [5.74, 6) is 0.607. The maximum atomic E-state index is 6.31. The zero-order valence-electron chi connectivity index (χ0n) is 12.6. The molecular formula is C15H21ClN4O. The van der Waals surface area contributed by atoms with Crippen LogP contribution in [0.1, 0.15) is 23.9 Å². The maximum Gasteiger partial charge on any atom is 0.212 e. The predicted octanol–water partition coefficient (Wildman–Crippen LogP) is 2.38. The summed E-state index contributed by atoms with van der Waals surface area (Å²) >= 11 is 6.31. The first-order chi connectivity index (χ1) is 10.0. The third kappa shape index (κ3) is 3.74. The molecule has 1 unspecified atom stereocenters. The van der Waals surface area contributed by atoms with E-state index in [2.05, 4.69) is 10.1 Å². The van der Waals surface area contributed by atoms with Gasteiger partial charge in [-0.05, 0) is 25.8 Å². The monoisotopic (exact) mass is 308 g/mol. The van der Waals surface area contributed by atoms with Crippen LogP contribution in [0.5, 0.6) is 5.88 Å². The summed E-state index contributed by atoms with van der Waals surface area (Å²) in [4.78, 5) is 4.19. The summed E-state index contributed by atoms with van der Waals surface area (Å²) < 4.78 is 6.97. The third-order valence-electron chi connectivity index (χ3n) is 3.41. The van der Waals surface area contributed by atoms with Gasteiger partial charge in [0.2, 0.25) is 5.88 Å². The molecule has 0 saturated carbocycles. The average molecular weight is 309 g/mol. The van der Waals surface area contributed by atoms with Gasteiger partial charge in [0.1, 0.15) is 0 Å². The van der Waals surface area contributed by atoms with E-state index in [0.717, 1.165) is 34.9 Å². The SMILES string of the molecule is CCn1nc(C)c(Cl)c1CC(N)Cc1ccc(OC)nc1. The van der Waals surface area contributed by atoms with Gasteiger partial charge >= 0.3 is 0 Å². The fourth-order valence-electron chi connectivity index (χ4n) is 2.34. The highest BCUT2D eigenvalue weighted by molar-refractivity contribution is 6.31. The number of methoxy groups -OCH3 is 1. The van der Waals surface area contributed by atoms with Gasteiger partial charge in [0.05, 0.1) is 23.5 Å². The normalized spacial score (nSPS) is 12.4. The minimum atomic E-state index is -0.0286. The quantitative estimate of drug-likeness (QED) is 0.890. The minimum Gasteiger partial charge on any atom is -0.481 e. The van der Waals surface area contributed by atoms with Crippen molar-refractivity contribution in [3.63, 3.8) is 0 Å². The van der Waals surface area contributed by atoms with Crippen molar-refractivity contribution in [3.05, 3.63) is 40.3 Å². The van der Waals surface area contributed by atoms with E-state index in [4.69, 9.17) is 22.1 Å². The lowest BCUT2D eigenvalue weighted by atomic mass is 10.0. The molecule has 0 aliphatic carbocycles. The molecule has 0 aromatic carbocycles. The Morgan fingerprint density at radius 3 is 2.71 bits per heavy atom. The van der Waals surface area contributed by atoms with Crippen molar-refractivity contribution in [2.75, 3.05) is 7.11 Å². The van der Waals surface area contributed by atoms with Crippen LogP contribution in [0, 0.1) is 6.92 Å². The Morgan fingerprint density at radius 2 is 2.14 bits per heavy atom. The smallest absolute Gasteiger partial charge is 0.212 e. The second kappa shape index (κ2) is 6.91. The number of aryl methyl sites for hydroxylation is 2. The van der Waals surface area contributed by atoms with Gasteiger partial charge < -0.3 is 10.5 Å². The van der Waals surface area contributed by atoms with Crippen LogP contribution in [0.25, 0.3) is 0 Å². The molecule has 2 N–H and O–H groups in total. The summed E-state index contributed by atoms with van der Waals surface area (Å²) in [6.07, 6.45) is 3.23. The maximum absolute atomic E-state index is 6.31. The molecule has 0 radical (unpaired) electrons.